The maximum absolute atomic E-state index is 11.8. The Bertz CT molecular complexity index is 528. The summed E-state index contributed by atoms with van der Waals surface area (Å²) in [5.74, 6) is -1.81. The minimum Gasteiger partial charge on any atom is -0.478 e. The monoisotopic (exact) mass is 473 g/mol. The number of hydrogen-bond acceptors (Lipinski definition) is 4. The standard InChI is InChI=1S/C11H9I2NO4/c12-3-7(15)5-1-2-6(11(17)18)10(14)9(5)8(16)4-13/h1-2H,3-4,14H2,(H,17,18). The number of anilines is 1. The summed E-state index contributed by atoms with van der Waals surface area (Å²) in [5.41, 5.74) is 5.60. The van der Waals surface area contributed by atoms with Crippen molar-refractivity contribution in [1.29, 1.82) is 0 Å². The van der Waals surface area contributed by atoms with Crippen LogP contribution in [-0.2, 0) is 0 Å². The number of rotatable bonds is 5. The van der Waals surface area contributed by atoms with Crippen molar-refractivity contribution in [3.05, 3.63) is 28.8 Å². The number of alkyl halides is 2. The predicted octanol–water partition coefficient (Wildman–Crippen LogP) is 2.20. The Kier molecular flexibility index (Phi) is 5.50. The van der Waals surface area contributed by atoms with Gasteiger partial charge in [-0.05, 0) is 12.1 Å². The molecule has 1 aromatic rings. The molecule has 1 rings (SSSR count). The summed E-state index contributed by atoms with van der Waals surface area (Å²) in [5, 5.41) is 8.95. The van der Waals surface area contributed by atoms with Gasteiger partial charge in [-0.25, -0.2) is 4.79 Å². The first-order chi connectivity index (χ1) is 8.43. The van der Waals surface area contributed by atoms with Crippen molar-refractivity contribution in [3.8, 4) is 0 Å². The van der Waals surface area contributed by atoms with E-state index in [0.717, 1.165) is 0 Å². The SMILES string of the molecule is Nc1c(C(=O)O)ccc(C(=O)CI)c1C(=O)CI. The molecule has 0 aromatic heterocycles. The Morgan fingerprint density at radius 1 is 1.06 bits per heavy atom. The third kappa shape index (κ3) is 2.99. The van der Waals surface area contributed by atoms with Gasteiger partial charge in [0, 0.05) is 5.56 Å². The maximum Gasteiger partial charge on any atom is 0.337 e. The lowest BCUT2D eigenvalue weighted by atomic mass is 9.96. The predicted molar refractivity (Wildman–Crippen MR) is 84.2 cm³/mol. The number of aromatic carboxylic acids is 1. The fourth-order valence-electron chi connectivity index (χ4n) is 1.48. The van der Waals surface area contributed by atoms with E-state index in [-0.39, 0.29) is 42.8 Å². The number of hydrogen-bond donors (Lipinski definition) is 2. The second kappa shape index (κ2) is 6.45. The highest BCUT2D eigenvalue weighted by atomic mass is 127. The van der Waals surface area contributed by atoms with Crippen LogP contribution in [0.1, 0.15) is 31.1 Å². The molecule has 0 radical (unpaired) electrons. The largest absolute Gasteiger partial charge is 0.478 e. The third-order valence-electron chi connectivity index (χ3n) is 2.30. The molecule has 0 spiro atoms. The summed E-state index contributed by atoms with van der Waals surface area (Å²) in [7, 11) is 0. The van der Waals surface area contributed by atoms with Gasteiger partial charge in [-0.15, -0.1) is 0 Å². The average molecular weight is 473 g/mol. The molecule has 18 heavy (non-hydrogen) atoms. The van der Waals surface area contributed by atoms with Gasteiger partial charge in [0.1, 0.15) is 0 Å². The summed E-state index contributed by atoms with van der Waals surface area (Å²) < 4.78 is 0.331. The van der Waals surface area contributed by atoms with E-state index in [4.69, 9.17) is 10.8 Å². The molecule has 5 nitrogen and oxygen atoms in total. The topological polar surface area (TPSA) is 97.5 Å². The molecule has 96 valence electrons. The van der Waals surface area contributed by atoms with E-state index >= 15 is 0 Å². The number of carboxylic acids is 1. The first-order valence-electron chi connectivity index (χ1n) is 4.78. The lowest BCUT2D eigenvalue weighted by molar-refractivity contribution is 0.0697. The molecule has 0 saturated carbocycles. The first kappa shape index (κ1) is 15.3. The van der Waals surface area contributed by atoms with Crippen molar-refractivity contribution < 1.29 is 19.5 Å². The molecule has 0 aliphatic carbocycles. The van der Waals surface area contributed by atoms with Crippen molar-refractivity contribution in [1.82, 2.24) is 0 Å². The molecule has 1 aromatic carbocycles. The molecule has 3 N–H and O–H groups in total. The van der Waals surface area contributed by atoms with Gasteiger partial charge in [-0.2, -0.15) is 0 Å². The van der Waals surface area contributed by atoms with Crippen molar-refractivity contribution in [2.45, 2.75) is 0 Å². The molecular weight excluding hydrogens is 464 g/mol. The molecule has 0 bridgehead atoms. The van der Waals surface area contributed by atoms with Crippen LogP contribution in [0.3, 0.4) is 0 Å². The van der Waals surface area contributed by atoms with Crippen LogP contribution in [-0.4, -0.2) is 31.5 Å². The molecule has 0 aliphatic heterocycles. The quantitative estimate of drug-likeness (QED) is 0.296. The van der Waals surface area contributed by atoms with E-state index in [0.29, 0.717) is 0 Å². The van der Waals surface area contributed by atoms with Crippen LogP contribution in [0.25, 0.3) is 0 Å². The summed E-state index contributed by atoms with van der Waals surface area (Å²) in [4.78, 5) is 34.5. The summed E-state index contributed by atoms with van der Waals surface area (Å²) >= 11 is 3.73. The number of nitrogen functional groups attached to an aromatic ring is 1. The second-order valence-corrected chi connectivity index (χ2v) is 4.89. The fourth-order valence-corrected chi connectivity index (χ4v) is 2.27. The number of halogens is 2. The van der Waals surface area contributed by atoms with E-state index in [9.17, 15) is 14.4 Å². The van der Waals surface area contributed by atoms with Crippen LogP contribution < -0.4 is 5.73 Å². The van der Waals surface area contributed by atoms with Gasteiger partial charge < -0.3 is 10.8 Å². The van der Waals surface area contributed by atoms with Gasteiger partial charge in [0.2, 0.25) is 0 Å². The summed E-state index contributed by atoms with van der Waals surface area (Å²) in [6.07, 6.45) is 0. The smallest absolute Gasteiger partial charge is 0.337 e. The minimum atomic E-state index is -1.22. The van der Waals surface area contributed by atoms with E-state index in [1.54, 1.807) is 0 Å². The molecule has 0 fully saturated rings. The molecule has 0 amide bonds. The molecule has 0 heterocycles. The highest BCUT2D eigenvalue weighted by Crippen LogP contribution is 2.24. The minimum absolute atomic E-state index is 0.0194. The lowest BCUT2D eigenvalue weighted by Gasteiger charge is -2.11. The molecule has 0 atom stereocenters. The van der Waals surface area contributed by atoms with Gasteiger partial charge in [-0.1, -0.05) is 45.2 Å². The number of carboxylic acid groups (broad SMARTS) is 1. The number of ketones is 2. The number of carbonyl (C=O) groups excluding carboxylic acids is 2. The van der Waals surface area contributed by atoms with E-state index in [1.807, 2.05) is 45.2 Å². The van der Waals surface area contributed by atoms with Gasteiger partial charge >= 0.3 is 5.97 Å². The third-order valence-corrected chi connectivity index (χ3v) is 3.68. The van der Waals surface area contributed by atoms with Crippen LogP contribution in [0.2, 0.25) is 0 Å². The van der Waals surface area contributed by atoms with Gasteiger partial charge in [-0.3, -0.25) is 9.59 Å². The number of benzene rings is 1. The molecule has 0 aliphatic rings. The van der Waals surface area contributed by atoms with Crippen molar-refractivity contribution in [2.75, 3.05) is 14.6 Å². The fraction of sp³-hybridized carbons (Fsp3) is 0.182. The van der Waals surface area contributed by atoms with E-state index in [2.05, 4.69) is 0 Å². The van der Waals surface area contributed by atoms with Gasteiger partial charge in [0.25, 0.3) is 0 Å². The molecule has 0 saturated heterocycles. The van der Waals surface area contributed by atoms with Crippen LogP contribution in [0, 0.1) is 0 Å². The summed E-state index contributed by atoms with van der Waals surface area (Å²) in [6, 6.07) is 2.60. The van der Waals surface area contributed by atoms with Crippen molar-refractivity contribution >= 4 is 68.4 Å². The Balaban J connectivity index is 3.56. The molecule has 0 unspecified atom stereocenters. The Hall–Kier alpha value is -0.710. The Morgan fingerprint density at radius 3 is 2.00 bits per heavy atom. The molecule has 7 heteroatoms. The van der Waals surface area contributed by atoms with E-state index < -0.39 is 5.97 Å². The highest BCUT2D eigenvalue weighted by molar-refractivity contribution is 14.1. The number of nitrogens with two attached hydrogens (primary N) is 1. The number of Topliss-reactive ketones (excluding diaryl/α,β-unsaturated/α-hetero) is 2. The van der Waals surface area contributed by atoms with Gasteiger partial charge in [0.05, 0.1) is 25.7 Å². The van der Waals surface area contributed by atoms with Gasteiger partial charge in [0.15, 0.2) is 11.6 Å². The van der Waals surface area contributed by atoms with Crippen molar-refractivity contribution in [2.24, 2.45) is 0 Å². The van der Waals surface area contributed by atoms with Crippen molar-refractivity contribution in [3.63, 3.8) is 0 Å². The maximum atomic E-state index is 11.8. The number of carbonyl (C=O) groups is 3. The van der Waals surface area contributed by atoms with E-state index in [1.165, 1.54) is 12.1 Å². The van der Waals surface area contributed by atoms with Crippen LogP contribution in [0.5, 0.6) is 0 Å². The molecular formula is C11H9I2NO4. The van der Waals surface area contributed by atoms with Crippen LogP contribution in [0.4, 0.5) is 5.69 Å². The zero-order valence-electron chi connectivity index (χ0n) is 9.07. The summed E-state index contributed by atoms with van der Waals surface area (Å²) in [6.45, 7) is 0. The zero-order valence-corrected chi connectivity index (χ0v) is 13.4. The highest BCUT2D eigenvalue weighted by Gasteiger charge is 2.22. The Morgan fingerprint density at radius 2 is 1.56 bits per heavy atom. The average Bonchev–Trinajstić information content (AvgIpc) is 2.35. The zero-order chi connectivity index (χ0) is 13.9. The Labute approximate surface area is 130 Å². The van der Waals surface area contributed by atoms with Crippen LogP contribution in [0.15, 0.2) is 12.1 Å². The van der Waals surface area contributed by atoms with Crippen LogP contribution >= 0.6 is 45.2 Å². The first-order valence-corrected chi connectivity index (χ1v) is 7.83. The second-order valence-electron chi connectivity index (χ2n) is 3.37. The normalized spacial score (nSPS) is 10.1. The lowest BCUT2D eigenvalue weighted by Crippen LogP contribution is -2.16.